The zero-order valence-electron chi connectivity index (χ0n) is 12.2. The highest BCUT2D eigenvalue weighted by atomic mass is 32.1. The average molecular weight is 316 g/mol. The van der Waals surface area contributed by atoms with Crippen LogP contribution in [0.2, 0.25) is 0 Å². The molecule has 0 amide bonds. The third kappa shape index (κ3) is 2.39. The molecule has 5 heteroatoms. The Bertz CT molecular complexity index is 994. The van der Waals surface area contributed by atoms with Crippen LogP contribution in [0.1, 0.15) is 10.4 Å². The van der Waals surface area contributed by atoms with Crippen molar-refractivity contribution in [2.45, 2.75) is 6.54 Å². The highest BCUT2D eigenvalue weighted by Crippen LogP contribution is 2.32. The van der Waals surface area contributed by atoms with Crippen molar-refractivity contribution < 1.29 is 0 Å². The molecule has 4 aromatic rings. The molecule has 0 aliphatic carbocycles. The van der Waals surface area contributed by atoms with Crippen molar-refractivity contribution >= 4 is 22.6 Å². The van der Waals surface area contributed by atoms with Gasteiger partial charge in [0.1, 0.15) is 16.6 Å². The van der Waals surface area contributed by atoms with E-state index in [1.54, 1.807) is 0 Å². The lowest BCUT2D eigenvalue weighted by Crippen LogP contribution is -2.01. The van der Waals surface area contributed by atoms with Crippen LogP contribution < -0.4 is 0 Å². The van der Waals surface area contributed by atoms with E-state index in [-0.39, 0.29) is 0 Å². The number of fused-ring (bicyclic) bond motifs is 1. The summed E-state index contributed by atoms with van der Waals surface area (Å²) in [6, 6.07) is 22.3. The Morgan fingerprint density at radius 1 is 1.00 bits per heavy atom. The third-order valence-electron chi connectivity index (χ3n) is 3.70. The first-order valence-electron chi connectivity index (χ1n) is 7.22. The molecule has 23 heavy (non-hydrogen) atoms. The zero-order chi connectivity index (χ0) is 15.6. The monoisotopic (exact) mass is 316 g/mol. The molecule has 4 rings (SSSR count). The fourth-order valence-corrected chi connectivity index (χ4v) is 3.31. The summed E-state index contributed by atoms with van der Waals surface area (Å²) in [4.78, 5) is 0.609. The second-order valence-electron chi connectivity index (χ2n) is 5.18. The minimum atomic E-state index is 0.609. The molecule has 2 aromatic carbocycles. The van der Waals surface area contributed by atoms with Gasteiger partial charge in [0.05, 0.1) is 11.9 Å². The Balaban J connectivity index is 1.90. The van der Waals surface area contributed by atoms with Gasteiger partial charge in [-0.25, -0.2) is 4.68 Å². The molecule has 0 bridgehead atoms. The number of rotatable bonds is 3. The summed E-state index contributed by atoms with van der Waals surface area (Å²) in [7, 11) is 0. The van der Waals surface area contributed by atoms with E-state index in [4.69, 9.17) is 5.10 Å². The molecular weight excluding hydrogens is 304 g/mol. The van der Waals surface area contributed by atoms with Crippen LogP contribution in [0, 0.1) is 11.3 Å². The summed E-state index contributed by atoms with van der Waals surface area (Å²) in [6.07, 6.45) is 0. The van der Waals surface area contributed by atoms with Gasteiger partial charge >= 0.3 is 0 Å². The molecule has 0 aliphatic heterocycles. The maximum absolute atomic E-state index is 9.38. The van der Waals surface area contributed by atoms with E-state index in [2.05, 4.69) is 22.6 Å². The number of benzene rings is 2. The average Bonchev–Trinajstić information content (AvgIpc) is 3.18. The van der Waals surface area contributed by atoms with Crippen LogP contribution in [0.4, 0.5) is 0 Å². The first-order valence-corrected chi connectivity index (χ1v) is 8.00. The lowest BCUT2D eigenvalue weighted by molar-refractivity contribution is 0.709. The maximum Gasteiger partial charge on any atom is 0.173 e. The van der Waals surface area contributed by atoms with E-state index < -0.39 is 0 Å². The minimum absolute atomic E-state index is 0.609. The smallest absolute Gasteiger partial charge is 0.173 e. The Kier molecular flexibility index (Phi) is 3.37. The van der Waals surface area contributed by atoms with E-state index in [1.807, 2.05) is 53.2 Å². The molecule has 0 saturated heterocycles. The summed E-state index contributed by atoms with van der Waals surface area (Å²) in [5, 5.41) is 15.0. The SMILES string of the molecule is N#Cc1snc2c1c(-c1ccccc1)nn2Cc1ccccc1. The lowest BCUT2D eigenvalue weighted by Gasteiger charge is -2.02. The summed E-state index contributed by atoms with van der Waals surface area (Å²) in [5.41, 5.74) is 3.75. The van der Waals surface area contributed by atoms with E-state index in [1.165, 1.54) is 11.5 Å². The van der Waals surface area contributed by atoms with Crippen molar-refractivity contribution in [2.75, 3.05) is 0 Å². The van der Waals surface area contributed by atoms with Gasteiger partial charge in [-0.15, -0.1) is 0 Å². The van der Waals surface area contributed by atoms with Gasteiger partial charge in [0, 0.05) is 5.56 Å². The molecule has 0 saturated carbocycles. The van der Waals surface area contributed by atoms with Gasteiger partial charge < -0.3 is 0 Å². The first-order chi connectivity index (χ1) is 11.4. The molecule has 0 N–H and O–H groups in total. The zero-order valence-corrected chi connectivity index (χ0v) is 13.0. The van der Waals surface area contributed by atoms with Gasteiger partial charge in [-0.2, -0.15) is 14.7 Å². The van der Waals surface area contributed by atoms with E-state index in [0.717, 1.165) is 27.9 Å². The van der Waals surface area contributed by atoms with Crippen molar-refractivity contribution in [2.24, 2.45) is 0 Å². The topological polar surface area (TPSA) is 54.5 Å². The standard InChI is InChI=1S/C18H12N4S/c19-11-15-16-17(14-9-5-2-6-10-14)20-22(18(16)21-23-15)12-13-7-3-1-4-8-13/h1-10H,12H2. The molecule has 0 radical (unpaired) electrons. The maximum atomic E-state index is 9.38. The fourth-order valence-electron chi connectivity index (χ4n) is 2.63. The predicted molar refractivity (Wildman–Crippen MR) is 91.1 cm³/mol. The predicted octanol–water partition coefficient (Wildman–Crippen LogP) is 4.08. The van der Waals surface area contributed by atoms with Gasteiger partial charge in [-0.3, -0.25) is 0 Å². The number of hydrogen-bond donors (Lipinski definition) is 0. The van der Waals surface area contributed by atoms with Gasteiger partial charge in [-0.05, 0) is 17.1 Å². The quantitative estimate of drug-likeness (QED) is 0.572. The summed E-state index contributed by atoms with van der Waals surface area (Å²) >= 11 is 1.23. The van der Waals surface area contributed by atoms with Crippen LogP contribution in [0.25, 0.3) is 22.3 Å². The van der Waals surface area contributed by atoms with Gasteiger partial charge in [0.25, 0.3) is 0 Å². The van der Waals surface area contributed by atoms with Crippen molar-refractivity contribution in [1.82, 2.24) is 14.2 Å². The van der Waals surface area contributed by atoms with Gasteiger partial charge in [0.2, 0.25) is 0 Å². The third-order valence-corrected chi connectivity index (χ3v) is 4.44. The molecule has 0 fully saturated rings. The highest BCUT2D eigenvalue weighted by Gasteiger charge is 2.19. The molecule has 4 nitrogen and oxygen atoms in total. The van der Waals surface area contributed by atoms with Crippen LogP contribution in [0.15, 0.2) is 60.7 Å². The van der Waals surface area contributed by atoms with Gasteiger partial charge in [-0.1, -0.05) is 60.7 Å². The Labute approximate surface area is 137 Å². The largest absolute Gasteiger partial charge is 0.241 e. The first kappa shape index (κ1) is 13.7. The highest BCUT2D eigenvalue weighted by molar-refractivity contribution is 7.07. The second kappa shape index (κ2) is 5.67. The van der Waals surface area contributed by atoms with Crippen LogP contribution >= 0.6 is 11.5 Å². The van der Waals surface area contributed by atoms with Crippen LogP contribution in [-0.2, 0) is 6.54 Å². The normalized spacial score (nSPS) is 10.7. The number of nitrogens with zero attached hydrogens (tertiary/aromatic N) is 4. The van der Waals surface area contributed by atoms with Crippen LogP contribution in [-0.4, -0.2) is 14.2 Å². The molecule has 0 unspecified atom stereocenters. The molecule has 0 atom stereocenters. The molecular formula is C18H12N4S. The molecule has 0 aliphatic rings. The lowest BCUT2D eigenvalue weighted by atomic mass is 10.1. The molecule has 0 spiro atoms. The number of nitriles is 1. The van der Waals surface area contributed by atoms with Crippen molar-refractivity contribution in [1.29, 1.82) is 5.26 Å². The molecule has 2 heterocycles. The summed E-state index contributed by atoms with van der Waals surface area (Å²) in [5.74, 6) is 0. The Hall–Kier alpha value is -2.97. The number of aromatic nitrogens is 3. The van der Waals surface area contributed by atoms with Crippen molar-refractivity contribution in [3.8, 4) is 17.3 Å². The fraction of sp³-hybridized carbons (Fsp3) is 0.0556. The van der Waals surface area contributed by atoms with Crippen molar-refractivity contribution in [3.05, 3.63) is 71.1 Å². The Morgan fingerprint density at radius 3 is 2.39 bits per heavy atom. The molecule has 2 aromatic heterocycles. The summed E-state index contributed by atoms with van der Waals surface area (Å²) < 4.78 is 6.33. The van der Waals surface area contributed by atoms with E-state index in [9.17, 15) is 5.26 Å². The van der Waals surface area contributed by atoms with E-state index in [0.29, 0.717) is 11.4 Å². The Morgan fingerprint density at radius 2 is 1.70 bits per heavy atom. The summed E-state index contributed by atoms with van der Waals surface area (Å²) in [6.45, 7) is 0.638. The molecule has 110 valence electrons. The van der Waals surface area contributed by atoms with Gasteiger partial charge in [0.15, 0.2) is 5.65 Å². The number of hydrogen-bond acceptors (Lipinski definition) is 4. The second-order valence-corrected chi connectivity index (χ2v) is 5.95. The van der Waals surface area contributed by atoms with Crippen LogP contribution in [0.3, 0.4) is 0 Å². The minimum Gasteiger partial charge on any atom is -0.241 e. The van der Waals surface area contributed by atoms with Crippen molar-refractivity contribution in [3.63, 3.8) is 0 Å². The van der Waals surface area contributed by atoms with E-state index >= 15 is 0 Å². The van der Waals surface area contributed by atoms with Crippen LogP contribution in [0.5, 0.6) is 0 Å².